The highest BCUT2D eigenvalue weighted by Crippen LogP contribution is 2.29. The molecule has 1 aliphatic heterocycles. The smallest absolute Gasteiger partial charge is 0.0348 e. The number of anilines is 1. The Kier molecular flexibility index (Phi) is 5.71. The largest absolute Gasteiger partial charge is 0.382 e. The predicted molar refractivity (Wildman–Crippen MR) is 98.8 cm³/mol. The predicted octanol–water partition coefficient (Wildman–Crippen LogP) is 5.10. The SMILES string of the molecule is CCCC(c1ccccc1)N1CCC(Nc2ccccc2)CC1. The van der Waals surface area contributed by atoms with E-state index in [0.29, 0.717) is 12.1 Å². The van der Waals surface area contributed by atoms with Gasteiger partial charge in [-0.15, -0.1) is 0 Å². The molecule has 0 radical (unpaired) electrons. The van der Waals surface area contributed by atoms with Crippen LogP contribution in [0.4, 0.5) is 5.69 Å². The lowest BCUT2D eigenvalue weighted by atomic mass is 9.96. The second-order valence-corrected chi connectivity index (χ2v) is 6.54. The Hall–Kier alpha value is -1.80. The number of likely N-dealkylation sites (tertiary alicyclic amines) is 1. The van der Waals surface area contributed by atoms with Crippen molar-refractivity contribution in [2.75, 3.05) is 18.4 Å². The Balaban J connectivity index is 1.58. The Morgan fingerprint density at radius 2 is 1.57 bits per heavy atom. The van der Waals surface area contributed by atoms with Crippen LogP contribution in [0.25, 0.3) is 0 Å². The van der Waals surface area contributed by atoms with Gasteiger partial charge in [0.05, 0.1) is 0 Å². The first-order chi connectivity index (χ1) is 11.4. The summed E-state index contributed by atoms with van der Waals surface area (Å²) in [6.07, 6.45) is 4.94. The summed E-state index contributed by atoms with van der Waals surface area (Å²) in [6.45, 7) is 4.66. The molecule has 0 amide bonds. The molecule has 1 aliphatic rings. The highest BCUT2D eigenvalue weighted by atomic mass is 15.2. The number of hydrogen-bond donors (Lipinski definition) is 1. The first-order valence-electron chi connectivity index (χ1n) is 8.97. The van der Waals surface area contributed by atoms with E-state index in [1.54, 1.807) is 0 Å². The van der Waals surface area contributed by atoms with Crippen molar-refractivity contribution in [1.82, 2.24) is 4.90 Å². The van der Waals surface area contributed by atoms with Crippen LogP contribution in [0.2, 0.25) is 0 Å². The summed E-state index contributed by atoms with van der Waals surface area (Å²) in [5.74, 6) is 0. The number of nitrogens with one attached hydrogen (secondary N) is 1. The molecule has 3 rings (SSSR count). The molecule has 2 aromatic carbocycles. The summed E-state index contributed by atoms with van der Waals surface area (Å²) >= 11 is 0. The second kappa shape index (κ2) is 8.16. The molecule has 2 heteroatoms. The van der Waals surface area contributed by atoms with Crippen LogP contribution in [-0.2, 0) is 0 Å². The first-order valence-corrected chi connectivity index (χ1v) is 8.97. The zero-order chi connectivity index (χ0) is 15.9. The summed E-state index contributed by atoms with van der Waals surface area (Å²) in [5, 5.41) is 3.69. The van der Waals surface area contributed by atoms with Crippen LogP contribution in [0.3, 0.4) is 0 Å². The Morgan fingerprint density at radius 3 is 2.17 bits per heavy atom. The van der Waals surface area contributed by atoms with Crippen molar-refractivity contribution in [1.29, 1.82) is 0 Å². The normalized spacial score (nSPS) is 17.8. The van der Waals surface area contributed by atoms with Crippen LogP contribution in [-0.4, -0.2) is 24.0 Å². The van der Waals surface area contributed by atoms with Crippen LogP contribution in [0, 0.1) is 0 Å². The number of hydrogen-bond acceptors (Lipinski definition) is 2. The molecule has 1 N–H and O–H groups in total. The van der Waals surface area contributed by atoms with E-state index in [2.05, 4.69) is 77.8 Å². The molecule has 0 saturated carbocycles. The van der Waals surface area contributed by atoms with Crippen molar-refractivity contribution < 1.29 is 0 Å². The molecule has 2 nitrogen and oxygen atoms in total. The van der Waals surface area contributed by atoms with E-state index in [1.807, 2.05) is 0 Å². The van der Waals surface area contributed by atoms with E-state index in [0.717, 1.165) is 0 Å². The maximum Gasteiger partial charge on any atom is 0.0348 e. The molecule has 1 fully saturated rings. The van der Waals surface area contributed by atoms with E-state index in [1.165, 1.54) is 50.0 Å². The average Bonchev–Trinajstić information content (AvgIpc) is 2.62. The van der Waals surface area contributed by atoms with Gasteiger partial charge in [0.25, 0.3) is 0 Å². The van der Waals surface area contributed by atoms with Gasteiger partial charge < -0.3 is 5.32 Å². The van der Waals surface area contributed by atoms with Crippen molar-refractivity contribution >= 4 is 5.69 Å². The lowest BCUT2D eigenvalue weighted by Crippen LogP contribution is -2.41. The lowest BCUT2D eigenvalue weighted by molar-refractivity contribution is 0.149. The van der Waals surface area contributed by atoms with Crippen LogP contribution < -0.4 is 5.32 Å². The van der Waals surface area contributed by atoms with Crippen LogP contribution in [0.1, 0.15) is 44.2 Å². The number of benzene rings is 2. The van der Waals surface area contributed by atoms with E-state index in [9.17, 15) is 0 Å². The minimum atomic E-state index is 0.582. The van der Waals surface area contributed by atoms with Crippen LogP contribution in [0.5, 0.6) is 0 Å². The minimum Gasteiger partial charge on any atom is -0.382 e. The molecule has 0 spiro atoms. The molecule has 1 saturated heterocycles. The van der Waals surface area contributed by atoms with Gasteiger partial charge in [0.15, 0.2) is 0 Å². The van der Waals surface area contributed by atoms with Gasteiger partial charge in [-0.05, 0) is 37.0 Å². The zero-order valence-electron chi connectivity index (χ0n) is 14.1. The molecule has 1 heterocycles. The summed E-state index contributed by atoms with van der Waals surface area (Å²) in [5.41, 5.74) is 2.72. The summed E-state index contributed by atoms with van der Waals surface area (Å²) < 4.78 is 0. The number of rotatable bonds is 6. The highest BCUT2D eigenvalue weighted by Gasteiger charge is 2.25. The fourth-order valence-corrected chi connectivity index (χ4v) is 3.63. The van der Waals surface area contributed by atoms with E-state index in [-0.39, 0.29) is 0 Å². The third-order valence-electron chi connectivity index (χ3n) is 4.86. The summed E-state index contributed by atoms with van der Waals surface area (Å²) in [6, 6.07) is 22.8. The van der Waals surface area contributed by atoms with Crippen molar-refractivity contribution in [3.8, 4) is 0 Å². The third-order valence-corrected chi connectivity index (χ3v) is 4.86. The Labute approximate surface area is 140 Å². The number of nitrogens with zero attached hydrogens (tertiary/aromatic N) is 1. The van der Waals surface area contributed by atoms with Crippen molar-refractivity contribution in [3.63, 3.8) is 0 Å². The van der Waals surface area contributed by atoms with Crippen molar-refractivity contribution in [3.05, 3.63) is 66.2 Å². The minimum absolute atomic E-state index is 0.582. The van der Waals surface area contributed by atoms with Crippen molar-refractivity contribution in [2.24, 2.45) is 0 Å². The maximum atomic E-state index is 3.69. The molecular formula is C21H28N2. The fraction of sp³-hybridized carbons (Fsp3) is 0.429. The van der Waals surface area contributed by atoms with Crippen molar-refractivity contribution in [2.45, 2.75) is 44.7 Å². The first kappa shape index (κ1) is 16.1. The highest BCUT2D eigenvalue weighted by molar-refractivity contribution is 5.43. The van der Waals surface area contributed by atoms with E-state index in [4.69, 9.17) is 0 Å². The number of piperidine rings is 1. The van der Waals surface area contributed by atoms with E-state index >= 15 is 0 Å². The molecular weight excluding hydrogens is 280 g/mol. The Morgan fingerprint density at radius 1 is 0.957 bits per heavy atom. The molecule has 0 aromatic heterocycles. The second-order valence-electron chi connectivity index (χ2n) is 6.54. The van der Waals surface area contributed by atoms with Gasteiger partial charge in [-0.25, -0.2) is 0 Å². The Bertz CT molecular complexity index is 559. The van der Waals surface area contributed by atoms with Crippen LogP contribution >= 0.6 is 0 Å². The van der Waals surface area contributed by atoms with Gasteiger partial charge in [-0.2, -0.15) is 0 Å². The molecule has 0 bridgehead atoms. The van der Waals surface area contributed by atoms with Gasteiger partial charge in [0, 0.05) is 30.9 Å². The topological polar surface area (TPSA) is 15.3 Å². The van der Waals surface area contributed by atoms with Gasteiger partial charge in [0.2, 0.25) is 0 Å². The van der Waals surface area contributed by atoms with Gasteiger partial charge in [-0.3, -0.25) is 4.90 Å². The zero-order valence-corrected chi connectivity index (χ0v) is 14.1. The molecule has 0 aliphatic carbocycles. The van der Waals surface area contributed by atoms with Gasteiger partial charge >= 0.3 is 0 Å². The standard InChI is InChI=1S/C21H28N2/c1-2-9-21(18-10-5-3-6-11-18)23-16-14-20(15-17-23)22-19-12-7-4-8-13-19/h3-8,10-13,20-22H,2,9,14-17H2,1H3. The van der Waals surface area contributed by atoms with E-state index < -0.39 is 0 Å². The fourth-order valence-electron chi connectivity index (χ4n) is 3.63. The summed E-state index contributed by atoms with van der Waals surface area (Å²) in [4.78, 5) is 2.68. The summed E-state index contributed by atoms with van der Waals surface area (Å²) in [7, 11) is 0. The van der Waals surface area contributed by atoms with Gasteiger partial charge in [-0.1, -0.05) is 61.9 Å². The maximum absolute atomic E-state index is 3.69. The molecule has 23 heavy (non-hydrogen) atoms. The van der Waals surface area contributed by atoms with Gasteiger partial charge in [0.1, 0.15) is 0 Å². The third kappa shape index (κ3) is 4.35. The van der Waals surface area contributed by atoms with Crippen LogP contribution in [0.15, 0.2) is 60.7 Å². The molecule has 2 aromatic rings. The quantitative estimate of drug-likeness (QED) is 0.798. The average molecular weight is 308 g/mol. The lowest BCUT2D eigenvalue weighted by Gasteiger charge is -2.38. The molecule has 122 valence electrons. The molecule has 1 atom stereocenters. The monoisotopic (exact) mass is 308 g/mol. The number of para-hydroxylation sites is 1. The molecule has 1 unspecified atom stereocenters.